The van der Waals surface area contributed by atoms with Crippen LogP contribution in [0, 0.1) is 6.92 Å². The second-order valence-corrected chi connectivity index (χ2v) is 6.31. The van der Waals surface area contributed by atoms with Crippen molar-refractivity contribution in [1.82, 2.24) is 9.88 Å². The Labute approximate surface area is 160 Å². The number of nitrogens with one attached hydrogen (secondary N) is 1. The SMILES string of the molecule is CCOc1ccc(OCCNC(=O)COC(=O)Cn2c(C)csc2=O)cc1. The number of ether oxygens (including phenoxy) is 3. The maximum atomic E-state index is 11.7. The molecule has 0 bridgehead atoms. The number of thiazole rings is 1. The Hall–Kier alpha value is -2.81. The molecule has 1 amide bonds. The summed E-state index contributed by atoms with van der Waals surface area (Å²) in [6, 6.07) is 7.17. The van der Waals surface area contributed by atoms with Crippen molar-refractivity contribution in [2.45, 2.75) is 20.4 Å². The number of carbonyl (C=O) groups excluding carboxylic acids is 2. The van der Waals surface area contributed by atoms with Crippen molar-refractivity contribution < 1.29 is 23.8 Å². The molecule has 0 atom stereocenters. The molecule has 1 heterocycles. The van der Waals surface area contributed by atoms with Gasteiger partial charge in [-0.25, -0.2) is 0 Å². The highest BCUT2D eigenvalue weighted by molar-refractivity contribution is 7.07. The lowest BCUT2D eigenvalue weighted by Crippen LogP contribution is -2.33. The Balaban J connectivity index is 1.62. The number of benzene rings is 1. The van der Waals surface area contributed by atoms with Crippen molar-refractivity contribution in [2.24, 2.45) is 0 Å². The summed E-state index contributed by atoms with van der Waals surface area (Å²) in [5.74, 6) is 0.350. The second kappa shape index (κ2) is 10.4. The van der Waals surface area contributed by atoms with E-state index in [1.54, 1.807) is 36.6 Å². The van der Waals surface area contributed by atoms with Crippen LogP contribution in [0.4, 0.5) is 0 Å². The van der Waals surface area contributed by atoms with Crippen LogP contribution in [0.5, 0.6) is 11.5 Å². The average molecular weight is 394 g/mol. The van der Waals surface area contributed by atoms with E-state index in [4.69, 9.17) is 14.2 Å². The van der Waals surface area contributed by atoms with Gasteiger partial charge in [-0.05, 0) is 38.1 Å². The normalized spacial score (nSPS) is 10.3. The van der Waals surface area contributed by atoms with Gasteiger partial charge in [-0.3, -0.25) is 19.0 Å². The smallest absolute Gasteiger partial charge is 0.326 e. The van der Waals surface area contributed by atoms with Gasteiger partial charge in [0.05, 0.1) is 13.2 Å². The predicted octanol–water partition coefficient (Wildman–Crippen LogP) is 1.36. The third-order valence-corrected chi connectivity index (χ3v) is 4.34. The Kier molecular flexibility index (Phi) is 7.87. The highest BCUT2D eigenvalue weighted by atomic mass is 32.1. The second-order valence-electron chi connectivity index (χ2n) is 5.49. The van der Waals surface area contributed by atoms with Gasteiger partial charge in [0, 0.05) is 11.1 Å². The van der Waals surface area contributed by atoms with E-state index in [9.17, 15) is 14.4 Å². The van der Waals surface area contributed by atoms with Gasteiger partial charge in [0.25, 0.3) is 5.91 Å². The van der Waals surface area contributed by atoms with Crippen LogP contribution in [-0.2, 0) is 20.9 Å². The summed E-state index contributed by atoms with van der Waals surface area (Å²) in [5.41, 5.74) is 0.679. The first-order chi connectivity index (χ1) is 13.0. The molecule has 0 unspecified atom stereocenters. The summed E-state index contributed by atoms with van der Waals surface area (Å²) >= 11 is 1.01. The quantitative estimate of drug-likeness (QED) is 0.483. The van der Waals surface area contributed by atoms with E-state index < -0.39 is 18.5 Å². The summed E-state index contributed by atoms with van der Waals surface area (Å²) < 4.78 is 17.0. The minimum atomic E-state index is -0.639. The molecule has 146 valence electrons. The van der Waals surface area contributed by atoms with Crippen molar-refractivity contribution >= 4 is 23.2 Å². The molecular formula is C18H22N2O6S. The lowest BCUT2D eigenvalue weighted by Gasteiger charge is -2.09. The van der Waals surface area contributed by atoms with Gasteiger partial charge < -0.3 is 19.5 Å². The topological polar surface area (TPSA) is 95.9 Å². The van der Waals surface area contributed by atoms with Crippen LogP contribution in [0.3, 0.4) is 0 Å². The fourth-order valence-corrected chi connectivity index (χ4v) is 2.86. The first-order valence-electron chi connectivity index (χ1n) is 8.42. The number of esters is 1. The van der Waals surface area contributed by atoms with E-state index in [1.165, 1.54) is 4.57 Å². The Morgan fingerprint density at radius 1 is 1.15 bits per heavy atom. The maximum absolute atomic E-state index is 11.7. The van der Waals surface area contributed by atoms with Crippen LogP contribution >= 0.6 is 11.3 Å². The van der Waals surface area contributed by atoms with Gasteiger partial charge in [-0.2, -0.15) is 0 Å². The van der Waals surface area contributed by atoms with Crippen LogP contribution in [0.25, 0.3) is 0 Å². The summed E-state index contributed by atoms with van der Waals surface area (Å²) in [4.78, 5) is 34.7. The maximum Gasteiger partial charge on any atom is 0.326 e. The molecule has 0 aliphatic heterocycles. The van der Waals surface area contributed by atoms with Crippen molar-refractivity contribution in [3.05, 3.63) is 45.0 Å². The average Bonchev–Trinajstić information content (AvgIpc) is 2.97. The van der Waals surface area contributed by atoms with Crippen molar-refractivity contribution in [2.75, 3.05) is 26.4 Å². The lowest BCUT2D eigenvalue weighted by molar-refractivity contribution is -0.149. The monoisotopic (exact) mass is 394 g/mol. The highest BCUT2D eigenvalue weighted by Gasteiger charge is 2.11. The largest absolute Gasteiger partial charge is 0.494 e. The third-order valence-electron chi connectivity index (χ3n) is 3.46. The van der Waals surface area contributed by atoms with E-state index in [0.29, 0.717) is 18.1 Å². The third kappa shape index (κ3) is 6.78. The van der Waals surface area contributed by atoms with E-state index in [0.717, 1.165) is 17.1 Å². The van der Waals surface area contributed by atoms with Crippen molar-refractivity contribution in [3.8, 4) is 11.5 Å². The molecular weight excluding hydrogens is 372 g/mol. The molecule has 0 saturated carbocycles. The Morgan fingerprint density at radius 3 is 2.41 bits per heavy atom. The molecule has 1 aromatic carbocycles. The summed E-state index contributed by atoms with van der Waals surface area (Å²) in [6.45, 7) is 4.17. The molecule has 27 heavy (non-hydrogen) atoms. The molecule has 0 fully saturated rings. The van der Waals surface area contributed by atoms with Crippen LogP contribution < -0.4 is 19.7 Å². The van der Waals surface area contributed by atoms with E-state index in [1.807, 2.05) is 6.92 Å². The molecule has 1 aromatic heterocycles. The van der Waals surface area contributed by atoms with Crippen LogP contribution in [0.15, 0.2) is 34.4 Å². The van der Waals surface area contributed by atoms with Gasteiger partial charge in [-0.15, -0.1) is 0 Å². The molecule has 8 nitrogen and oxygen atoms in total. The minimum absolute atomic E-state index is 0.206. The Morgan fingerprint density at radius 2 is 1.81 bits per heavy atom. The van der Waals surface area contributed by atoms with E-state index >= 15 is 0 Å². The predicted molar refractivity (Wildman–Crippen MR) is 100 cm³/mol. The van der Waals surface area contributed by atoms with Crippen LogP contribution in [0.2, 0.25) is 0 Å². The number of hydrogen-bond donors (Lipinski definition) is 1. The van der Waals surface area contributed by atoms with Gasteiger partial charge in [-0.1, -0.05) is 11.3 Å². The summed E-state index contributed by atoms with van der Waals surface area (Å²) in [6.07, 6.45) is 0. The lowest BCUT2D eigenvalue weighted by atomic mass is 10.3. The fourth-order valence-electron chi connectivity index (χ4n) is 2.13. The number of amides is 1. The summed E-state index contributed by atoms with van der Waals surface area (Å²) in [5, 5.41) is 4.25. The van der Waals surface area contributed by atoms with Crippen molar-refractivity contribution in [3.63, 3.8) is 0 Å². The Bertz CT molecular complexity index is 812. The van der Waals surface area contributed by atoms with E-state index in [2.05, 4.69) is 5.32 Å². The number of carbonyl (C=O) groups is 2. The molecule has 0 saturated heterocycles. The standard InChI is InChI=1S/C18H22N2O6S/c1-3-24-14-4-6-15(7-5-14)25-9-8-19-16(21)11-26-17(22)10-20-13(2)12-27-18(20)23/h4-7,12H,3,8-11H2,1-2H3,(H,19,21). The van der Waals surface area contributed by atoms with Gasteiger partial charge >= 0.3 is 10.8 Å². The molecule has 2 aromatic rings. The molecule has 9 heteroatoms. The first kappa shape index (κ1) is 20.5. The number of hydrogen-bond acceptors (Lipinski definition) is 7. The molecule has 2 rings (SSSR count). The first-order valence-corrected chi connectivity index (χ1v) is 9.30. The minimum Gasteiger partial charge on any atom is -0.494 e. The van der Waals surface area contributed by atoms with Crippen LogP contribution in [-0.4, -0.2) is 42.8 Å². The highest BCUT2D eigenvalue weighted by Crippen LogP contribution is 2.17. The fraction of sp³-hybridized carbons (Fsp3) is 0.389. The van der Waals surface area contributed by atoms with Crippen LogP contribution in [0.1, 0.15) is 12.6 Å². The van der Waals surface area contributed by atoms with Gasteiger partial charge in [0.1, 0.15) is 24.7 Å². The van der Waals surface area contributed by atoms with E-state index in [-0.39, 0.29) is 24.6 Å². The molecule has 0 aliphatic carbocycles. The number of rotatable bonds is 10. The number of nitrogens with zero attached hydrogens (tertiary/aromatic N) is 1. The zero-order chi connectivity index (χ0) is 19.6. The molecule has 0 spiro atoms. The zero-order valence-electron chi connectivity index (χ0n) is 15.2. The molecule has 0 aliphatic rings. The molecule has 1 N–H and O–H groups in total. The summed E-state index contributed by atoms with van der Waals surface area (Å²) in [7, 11) is 0. The number of aromatic nitrogens is 1. The van der Waals surface area contributed by atoms with Gasteiger partial charge in [0.15, 0.2) is 6.61 Å². The van der Waals surface area contributed by atoms with Crippen molar-refractivity contribution in [1.29, 1.82) is 0 Å². The number of aryl methyl sites for hydroxylation is 1. The zero-order valence-corrected chi connectivity index (χ0v) is 16.0. The molecule has 0 radical (unpaired) electrons. The van der Waals surface area contributed by atoms with Gasteiger partial charge in [0.2, 0.25) is 0 Å².